The minimum Gasteiger partial charge on any atom is -0.496 e. The van der Waals surface area contributed by atoms with Crippen LogP contribution in [-0.4, -0.2) is 24.3 Å². The first-order valence-electron chi connectivity index (χ1n) is 8.16. The van der Waals surface area contributed by atoms with E-state index in [0.29, 0.717) is 5.41 Å². The van der Waals surface area contributed by atoms with E-state index in [1.807, 2.05) is 0 Å². The SMILES string of the molecule is CCCC1(C)CCC(Oc2cc(C(=O)O)c(OC)cc2F)CC1. The molecule has 1 aliphatic carbocycles. The predicted octanol–water partition coefficient (Wildman–Crippen LogP) is 4.66. The number of hydrogen-bond acceptors (Lipinski definition) is 3. The molecule has 0 atom stereocenters. The van der Waals surface area contributed by atoms with Crippen LogP contribution in [0.1, 0.15) is 62.7 Å². The van der Waals surface area contributed by atoms with Crippen molar-refractivity contribution in [2.45, 2.75) is 58.5 Å². The number of rotatable bonds is 6. The summed E-state index contributed by atoms with van der Waals surface area (Å²) in [5.41, 5.74) is 0.259. The van der Waals surface area contributed by atoms with Crippen molar-refractivity contribution in [1.29, 1.82) is 0 Å². The summed E-state index contributed by atoms with van der Waals surface area (Å²) in [5.74, 6) is -1.76. The molecule has 0 saturated heterocycles. The number of aromatic carboxylic acids is 1. The number of halogens is 1. The number of hydrogen-bond donors (Lipinski definition) is 1. The molecule has 1 N–H and O–H groups in total. The summed E-state index contributed by atoms with van der Waals surface area (Å²) in [6, 6.07) is 2.29. The van der Waals surface area contributed by atoms with Gasteiger partial charge in [-0.2, -0.15) is 0 Å². The third kappa shape index (κ3) is 4.15. The zero-order valence-electron chi connectivity index (χ0n) is 14.0. The van der Waals surface area contributed by atoms with E-state index in [1.165, 1.54) is 19.6 Å². The van der Waals surface area contributed by atoms with Crippen LogP contribution in [-0.2, 0) is 0 Å². The molecule has 4 nitrogen and oxygen atoms in total. The molecule has 0 unspecified atom stereocenters. The van der Waals surface area contributed by atoms with E-state index >= 15 is 0 Å². The second-order valence-corrected chi connectivity index (χ2v) is 6.67. The molecule has 0 spiro atoms. The molecular formula is C18H25FO4. The standard InChI is InChI=1S/C18H25FO4/c1-4-7-18(2)8-5-12(6-9-18)23-16-10-13(17(20)21)15(22-3)11-14(16)19/h10-12H,4-9H2,1-3H3,(H,20,21). The maximum Gasteiger partial charge on any atom is 0.339 e. The number of ether oxygens (including phenoxy) is 2. The first-order chi connectivity index (χ1) is 10.9. The van der Waals surface area contributed by atoms with E-state index in [-0.39, 0.29) is 23.2 Å². The number of carboxylic acids is 1. The minimum atomic E-state index is -1.16. The summed E-state index contributed by atoms with van der Waals surface area (Å²) < 4.78 is 24.8. The fourth-order valence-electron chi connectivity index (χ4n) is 3.40. The highest BCUT2D eigenvalue weighted by Crippen LogP contribution is 2.41. The van der Waals surface area contributed by atoms with Crippen LogP contribution < -0.4 is 9.47 Å². The van der Waals surface area contributed by atoms with Gasteiger partial charge in [0.2, 0.25) is 0 Å². The molecule has 128 valence electrons. The van der Waals surface area contributed by atoms with Crippen LogP contribution in [0.25, 0.3) is 0 Å². The van der Waals surface area contributed by atoms with Gasteiger partial charge in [-0.05, 0) is 37.5 Å². The molecule has 0 amide bonds. The molecule has 0 radical (unpaired) electrons. The van der Waals surface area contributed by atoms with Gasteiger partial charge < -0.3 is 14.6 Å². The van der Waals surface area contributed by atoms with Crippen molar-refractivity contribution < 1.29 is 23.8 Å². The highest BCUT2D eigenvalue weighted by Gasteiger charge is 2.31. The van der Waals surface area contributed by atoms with Gasteiger partial charge in [-0.1, -0.05) is 20.3 Å². The number of carbonyl (C=O) groups is 1. The molecule has 0 bridgehead atoms. The fraction of sp³-hybridized carbons (Fsp3) is 0.611. The largest absolute Gasteiger partial charge is 0.496 e. The minimum absolute atomic E-state index is 0.00140. The quantitative estimate of drug-likeness (QED) is 0.827. The van der Waals surface area contributed by atoms with Gasteiger partial charge >= 0.3 is 5.97 Å². The molecular weight excluding hydrogens is 299 g/mol. The van der Waals surface area contributed by atoms with Gasteiger partial charge in [0, 0.05) is 12.1 Å². The third-order valence-electron chi connectivity index (χ3n) is 4.77. The van der Waals surface area contributed by atoms with Gasteiger partial charge in [-0.25, -0.2) is 9.18 Å². The Kier molecular flexibility index (Phi) is 5.50. The second-order valence-electron chi connectivity index (χ2n) is 6.67. The molecule has 5 heteroatoms. The smallest absolute Gasteiger partial charge is 0.339 e. The number of methoxy groups -OCH3 is 1. The van der Waals surface area contributed by atoms with E-state index in [1.54, 1.807) is 0 Å². The Morgan fingerprint density at radius 3 is 2.52 bits per heavy atom. The molecule has 1 saturated carbocycles. The lowest BCUT2D eigenvalue weighted by atomic mass is 9.72. The van der Waals surface area contributed by atoms with Crippen molar-refractivity contribution in [2.24, 2.45) is 5.41 Å². The van der Waals surface area contributed by atoms with Crippen LogP contribution in [0.4, 0.5) is 4.39 Å². The van der Waals surface area contributed by atoms with Gasteiger partial charge in [0.25, 0.3) is 0 Å². The summed E-state index contributed by atoms with van der Waals surface area (Å²) in [4.78, 5) is 11.2. The molecule has 0 aromatic heterocycles. The van der Waals surface area contributed by atoms with Crippen LogP contribution in [0.15, 0.2) is 12.1 Å². The summed E-state index contributed by atoms with van der Waals surface area (Å²) in [6.45, 7) is 4.48. The molecule has 23 heavy (non-hydrogen) atoms. The Hall–Kier alpha value is -1.78. The van der Waals surface area contributed by atoms with E-state index in [4.69, 9.17) is 9.47 Å². The molecule has 1 fully saturated rings. The molecule has 0 aliphatic heterocycles. The van der Waals surface area contributed by atoms with Gasteiger partial charge in [-0.3, -0.25) is 0 Å². The average Bonchev–Trinajstić information content (AvgIpc) is 2.51. The lowest BCUT2D eigenvalue weighted by Crippen LogP contribution is -2.30. The Balaban J connectivity index is 2.09. The average molecular weight is 324 g/mol. The van der Waals surface area contributed by atoms with Crippen LogP contribution >= 0.6 is 0 Å². The monoisotopic (exact) mass is 324 g/mol. The first-order valence-corrected chi connectivity index (χ1v) is 8.16. The Bertz CT molecular complexity index is 562. The van der Waals surface area contributed by atoms with Crippen molar-refractivity contribution in [3.8, 4) is 11.5 Å². The van der Waals surface area contributed by atoms with Crippen LogP contribution in [0.2, 0.25) is 0 Å². The fourth-order valence-corrected chi connectivity index (χ4v) is 3.40. The van der Waals surface area contributed by atoms with E-state index in [9.17, 15) is 14.3 Å². The second kappa shape index (κ2) is 7.20. The van der Waals surface area contributed by atoms with Crippen molar-refractivity contribution in [1.82, 2.24) is 0 Å². The van der Waals surface area contributed by atoms with Crippen molar-refractivity contribution in [3.05, 3.63) is 23.5 Å². The van der Waals surface area contributed by atoms with E-state index in [0.717, 1.165) is 38.2 Å². The van der Waals surface area contributed by atoms with Gasteiger partial charge in [-0.15, -0.1) is 0 Å². The predicted molar refractivity (Wildman–Crippen MR) is 85.8 cm³/mol. The van der Waals surface area contributed by atoms with Crippen LogP contribution in [0.5, 0.6) is 11.5 Å². The topological polar surface area (TPSA) is 55.8 Å². The van der Waals surface area contributed by atoms with Crippen molar-refractivity contribution in [2.75, 3.05) is 7.11 Å². The summed E-state index contributed by atoms with van der Waals surface area (Å²) in [6.07, 6.45) is 6.12. The highest BCUT2D eigenvalue weighted by atomic mass is 19.1. The maximum atomic E-state index is 14.1. The summed E-state index contributed by atoms with van der Waals surface area (Å²) >= 11 is 0. The summed E-state index contributed by atoms with van der Waals surface area (Å²) in [5, 5.41) is 9.19. The van der Waals surface area contributed by atoms with Crippen molar-refractivity contribution >= 4 is 5.97 Å². The third-order valence-corrected chi connectivity index (χ3v) is 4.77. The van der Waals surface area contributed by atoms with Gasteiger partial charge in [0.15, 0.2) is 11.6 Å². The Labute approximate surface area is 136 Å². The Morgan fingerprint density at radius 2 is 2.00 bits per heavy atom. The molecule has 2 rings (SSSR count). The first kappa shape index (κ1) is 17.6. The van der Waals surface area contributed by atoms with E-state index in [2.05, 4.69) is 13.8 Å². The lowest BCUT2D eigenvalue weighted by Gasteiger charge is -2.37. The summed E-state index contributed by atoms with van der Waals surface area (Å²) in [7, 11) is 1.32. The van der Waals surface area contributed by atoms with Crippen molar-refractivity contribution in [3.63, 3.8) is 0 Å². The molecule has 0 heterocycles. The van der Waals surface area contributed by atoms with Crippen LogP contribution in [0, 0.1) is 11.2 Å². The zero-order chi connectivity index (χ0) is 17.0. The number of carboxylic acid groups (broad SMARTS) is 1. The Morgan fingerprint density at radius 1 is 1.35 bits per heavy atom. The highest BCUT2D eigenvalue weighted by molar-refractivity contribution is 5.91. The number of benzene rings is 1. The molecule has 1 aromatic rings. The van der Waals surface area contributed by atoms with Gasteiger partial charge in [0.05, 0.1) is 13.2 Å². The normalized spacial score (nSPS) is 24.3. The van der Waals surface area contributed by atoms with Crippen LogP contribution in [0.3, 0.4) is 0 Å². The molecule has 1 aliphatic rings. The zero-order valence-corrected chi connectivity index (χ0v) is 14.0. The molecule has 1 aromatic carbocycles. The maximum absolute atomic E-state index is 14.1. The van der Waals surface area contributed by atoms with E-state index < -0.39 is 11.8 Å². The van der Waals surface area contributed by atoms with Gasteiger partial charge in [0.1, 0.15) is 11.3 Å². The lowest BCUT2D eigenvalue weighted by molar-refractivity contribution is 0.0687.